The molecule has 0 aromatic heterocycles. The van der Waals surface area contributed by atoms with Crippen LogP contribution in [0.1, 0.15) is 42.5 Å². The minimum atomic E-state index is -0.911. The number of rotatable bonds is 6. The van der Waals surface area contributed by atoms with Crippen molar-refractivity contribution in [2.45, 2.75) is 38.1 Å². The smallest absolute Gasteiger partial charge is 0.341 e. The molecule has 0 saturated heterocycles. The minimum absolute atomic E-state index is 0.0390. The Hall–Kier alpha value is -3.17. The van der Waals surface area contributed by atoms with Crippen molar-refractivity contribution < 1.29 is 24.0 Å². The molecule has 1 fully saturated rings. The summed E-state index contributed by atoms with van der Waals surface area (Å²) in [4.78, 5) is 45.9. The van der Waals surface area contributed by atoms with Crippen molar-refractivity contribution >= 4 is 29.3 Å². The molecule has 3 N–H and O–H groups in total. The van der Waals surface area contributed by atoms with E-state index in [-0.39, 0.29) is 17.3 Å². The number of esters is 1. The molecule has 0 bridgehead atoms. The number of urea groups is 1. The second-order valence-electron chi connectivity index (χ2n) is 6.17. The van der Waals surface area contributed by atoms with Gasteiger partial charge in [-0.25, -0.2) is 9.59 Å². The molecule has 0 radical (unpaired) electrons. The van der Waals surface area contributed by atoms with Crippen LogP contribution in [0.4, 0.5) is 16.2 Å². The summed E-state index contributed by atoms with van der Waals surface area (Å²) in [6.45, 7) is -0.678. The van der Waals surface area contributed by atoms with Crippen LogP contribution in [0.15, 0.2) is 18.2 Å². The molecule has 1 saturated carbocycles. The lowest BCUT2D eigenvalue weighted by molar-refractivity contribution is -0.384. The predicted molar refractivity (Wildman–Crippen MR) is 96.5 cm³/mol. The number of nitro benzene ring substituents is 1. The highest BCUT2D eigenvalue weighted by molar-refractivity contribution is 5.99. The summed E-state index contributed by atoms with van der Waals surface area (Å²) in [6.07, 6.45) is 4.95. The molecule has 1 aromatic rings. The Labute approximate surface area is 155 Å². The lowest BCUT2D eigenvalue weighted by Crippen LogP contribution is -2.46. The first kappa shape index (κ1) is 20.1. The highest BCUT2D eigenvalue weighted by atomic mass is 16.6. The van der Waals surface area contributed by atoms with Crippen LogP contribution >= 0.6 is 0 Å². The number of imide groups is 1. The van der Waals surface area contributed by atoms with E-state index in [0.29, 0.717) is 5.69 Å². The fourth-order valence-corrected chi connectivity index (χ4v) is 2.87. The number of benzene rings is 1. The van der Waals surface area contributed by atoms with Gasteiger partial charge in [-0.3, -0.25) is 20.2 Å². The maximum absolute atomic E-state index is 12.1. The minimum Gasteiger partial charge on any atom is -0.452 e. The van der Waals surface area contributed by atoms with Crippen LogP contribution in [-0.2, 0) is 9.53 Å². The lowest BCUT2D eigenvalue weighted by atomic mass is 9.96. The Kier molecular flexibility index (Phi) is 7.09. The van der Waals surface area contributed by atoms with E-state index in [1.165, 1.54) is 12.1 Å². The van der Waals surface area contributed by atoms with Gasteiger partial charge in [0.2, 0.25) is 0 Å². The van der Waals surface area contributed by atoms with Crippen LogP contribution in [0.25, 0.3) is 0 Å². The molecule has 1 aromatic carbocycles. The molecule has 10 nitrogen and oxygen atoms in total. The van der Waals surface area contributed by atoms with Crippen LogP contribution < -0.4 is 16.0 Å². The molecule has 0 aliphatic heterocycles. The highest BCUT2D eigenvalue weighted by Crippen LogP contribution is 2.22. The Balaban J connectivity index is 1.87. The van der Waals surface area contributed by atoms with Crippen LogP contribution in [0, 0.1) is 10.1 Å². The van der Waals surface area contributed by atoms with Gasteiger partial charge >= 0.3 is 12.0 Å². The number of carbonyl (C=O) groups is 3. The van der Waals surface area contributed by atoms with Gasteiger partial charge in [-0.2, -0.15) is 0 Å². The topological polar surface area (TPSA) is 140 Å². The quantitative estimate of drug-likeness (QED) is 0.390. The van der Waals surface area contributed by atoms with E-state index in [9.17, 15) is 24.5 Å². The third-order valence-electron chi connectivity index (χ3n) is 4.23. The third-order valence-corrected chi connectivity index (χ3v) is 4.23. The molecule has 2 rings (SSSR count). The maximum atomic E-state index is 12.1. The summed E-state index contributed by atoms with van der Waals surface area (Å²) in [5.74, 6) is -1.70. The molecule has 146 valence electrons. The first-order valence-electron chi connectivity index (χ1n) is 8.64. The number of amides is 3. The van der Waals surface area contributed by atoms with Crippen molar-refractivity contribution in [1.29, 1.82) is 0 Å². The van der Waals surface area contributed by atoms with E-state index >= 15 is 0 Å². The zero-order valence-electron chi connectivity index (χ0n) is 14.9. The molecule has 3 amide bonds. The third kappa shape index (κ3) is 5.94. The second kappa shape index (κ2) is 9.51. The fraction of sp³-hybridized carbons (Fsp3) is 0.471. The van der Waals surface area contributed by atoms with Crippen molar-refractivity contribution in [2.75, 3.05) is 19.0 Å². The van der Waals surface area contributed by atoms with Crippen LogP contribution in [0.3, 0.4) is 0 Å². The molecule has 0 unspecified atom stereocenters. The predicted octanol–water partition coefficient (Wildman–Crippen LogP) is 1.95. The number of nitrogens with zero attached hydrogens (tertiary/aromatic N) is 1. The largest absolute Gasteiger partial charge is 0.452 e. The number of ether oxygens (including phenoxy) is 1. The van der Waals surface area contributed by atoms with E-state index in [4.69, 9.17) is 4.74 Å². The summed E-state index contributed by atoms with van der Waals surface area (Å²) in [5, 5.41) is 18.4. The lowest BCUT2D eigenvalue weighted by Gasteiger charge is -2.22. The van der Waals surface area contributed by atoms with Crippen molar-refractivity contribution in [1.82, 2.24) is 10.6 Å². The number of hydrogen-bond donors (Lipinski definition) is 3. The number of non-ortho nitro benzene ring substituents is 1. The molecular formula is C17H22N4O6. The van der Waals surface area contributed by atoms with Gasteiger partial charge in [0, 0.05) is 30.9 Å². The molecule has 10 heteroatoms. The molecule has 0 spiro atoms. The molecule has 0 atom stereocenters. The number of nitro groups is 1. The normalized spacial score (nSPS) is 14.1. The SMILES string of the molecule is CNc1ccc([N+](=O)[O-])cc1C(=O)OCC(=O)NC(=O)NC1CCCCC1. The van der Waals surface area contributed by atoms with Crippen LogP contribution in [0.2, 0.25) is 0 Å². The van der Waals surface area contributed by atoms with E-state index < -0.39 is 29.4 Å². The van der Waals surface area contributed by atoms with Gasteiger partial charge < -0.3 is 15.4 Å². The fourth-order valence-electron chi connectivity index (χ4n) is 2.87. The van der Waals surface area contributed by atoms with E-state index in [1.54, 1.807) is 7.05 Å². The summed E-state index contributed by atoms with van der Waals surface area (Å²) >= 11 is 0. The standard InChI is InChI=1S/C17H22N4O6/c1-18-14-8-7-12(21(25)26)9-13(14)16(23)27-10-15(22)20-17(24)19-11-5-3-2-4-6-11/h7-9,11,18H,2-6,10H2,1H3,(H2,19,20,22,24). The number of anilines is 1. The summed E-state index contributed by atoms with van der Waals surface area (Å²) in [7, 11) is 1.54. The van der Waals surface area contributed by atoms with Gasteiger partial charge in [-0.15, -0.1) is 0 Å². The Bertz CT molecular complexity index is 730. The number of carbonyl (C=O) groups excluding carboxylic acids is 3. The highest BCUT2D eigenvalue weighted by Gasteiger charge is 2.20. The zero-order valence-corrected chi connectivity index (χ0v) is 14.9. The average molecular weight is 378 g/mol. The molecule has 0 heterocycles. The van der Waals surface area contributed by atoms with Crippen molar-refractivity contribution in [3.8, 4) is 0 Å². The van der Waals surface area contributed by atoms with Crippen molar-refractivity contribution in [3.05, 3.63) is 33.9 Å². The van der Waals surface area contributed by atoms with Gasteiger partial charge in [0.1, 0.15) is 0 Å². The van der Waals surface area contributed by atoms with Gasteiger partial charge in [0.25, 0.3) is 11.6 Å². The Morgan fingerprint density at radius 3 is 2.56 bits per heavy atom. The van der Waals surface area contributed by atoms with E-state index in [2.05, 4.69) is 16.0 Å². The van der Waals surface area contributed by atoms with Gasteiger partial charge in [0.05, 0.1) is 10.5 Å². The van der Waals surface area contributed by atoms with Crippen molar-refractivity contribution in [2.24, 2.45) is 0 Å². The summed E-state index contributed by atoms with van der Waals surface area (Å²) in [6, 6.07) is 3.07. The Morgan fingerprint density at radius 1 is 1.22 bits per heavy atom. The molecule has 1 aliphatic rings. The first-order valence-corrected chi connectivity index (χ1v) is 8.64. The summed E-state index contributed by atoms with van der Waals surface area (Å²) < 4.78 is 4.86. The van der Waals surface area contributed by atoms with Gasteiger partial charge in [-0.05, 0) is 18.9 Å². The maximum Gasteiger partial charge on any atom is 0.341 e. The van der Waals surface area contributed by atoms with Crippen molar-refractivity contribution in [3.63, 3.8) is 0 Å². The molecule has 27 heavy (non-hydrogen) atoms. The van der Waals surface area contributed by atoms with Gasteiger partial charge in [-0.1, -0.05) is 19.3 Å². The number of hydrogen-bond acceptors (Lipinski definition) is 7. The van der Waals surface area contributed by atoms with Crippen LogP contribution in [-0.4, -0.2) is 42.5 Å². The van der Waals surface area contributed by atoms with Crippen LogP contribution in [0.5, 0.6) is 0 Å². The first-order chi connectivity index (χ1) is 12.9. The van der Waals surface area contributed by atoms with E-state index in [1.807, 2.05) is 0 Å². The Morgan fingerprint density at radius 2 is 1.93 bits per heavy atom. The molecular weight excluding hydrogens is 356 g/mol. The zero-order chi connectivity index (χ0) is 19.8. The summed E-state index contributed by atoms with van der Waals surface area (Å²) in [5.41, 5.74) is -0.0375. The second-order valence-corrected chi connectivity index (χ2v) is 6.17. The number of nitrogens with one attached hydrogen (secondary N) is 3. The monoisotopic (exact) mass is 378 g/mol. The van der Waals surface area contributed by atoms with E-state index in [0.717, 1.165) is 38.2 Å². The molecule has 1 aliphatic carbocycles. The average Bonchev–Trinajstić information content (AvgIpc) is 2.66. The van der Waals surface area contributed by atoms with Gasteiger partial charge in [0.15, 0.2) is 6.61 Å².